The molecule has 1 aliphatic rings. The Kier molecular flexibility index (Phi) is 5.55. The number of Topliss-reactive ketones (excluding diaryl/α,β-unsaturated/α-hetero) is 1. The largest absolute Gasteiger partial charge is 0.450 e. The van der Waals surface area contributed by atoms with Crippen molar-refractivity contribution < 1.29 is 14.3 Å². The molecule has 0 saturated carbocycles. The van der Waals surface area contributed by atoms with E-state index in [0.717, 1.165) is 0 Å². The average molecular weight is 257 g/mol. The Morgan fingerprint density at radius 1 is 1.50 bits per heavy atom. The first kappa shape index (κ1) is 14.9. The number of nitrogens with one attached hydrogen (secondary N) is 1. The zero-order valence-corrected chi connectivity index (χ0v) is 11.3. The van der Waals surface area contributed by atoms with Crippen molar-refractivity contribution in [2.24, 2.45) is 11.7 Å². The highest BCUT2D eigenvalue weighted by atomic mass is 16.6. The van der Waals surface area contributed by atoms with E-state index in [-0.39, 0.29) is 23.8 Å². The molecule has 18 heavy (non-hydrogen) atoms. The van der Waals surface area contributed by atoms with Gasteiger partial charge in [-0.3, -0.25) is 4.79 Å². The monoisotopic (exact) mass is 257 g/mol. The lowest BCUT2D eigenvalue weighted by Gasteiger charge is -2.33. The molecule has 0 aromatic rings. The maximum atomic E-state index is 12.1. The summed E-state index contributed by atoms with van der Waals surface area (Å²) in [7, 11) is 0. The van der Waals surface area contributed by atoms with Gasteiger partial charge < -0.3 is 20.7 Å². The molecule has 1 fully saturated rings. The predicted molar refractivity (Wildman–Crippen MR) is 68.2 cm³/mol. The molecule has 0 aliphatic carbocycles. The molecule has 0 aromatic carbocycles. The molecule has 6 nitrogen and oxygen atoms in total. The molecule has 1 saturated heterocycles. The van der Waals surface area contributed by atoms with Crippen LogP contribution in [0.5, 0.6) is 0 Å². The minimum Gasteiger partial charge on any atom is -0.450 e. The summed E-state index contributed by atoms with van der Waals surface area (Å²) in [6.07, 6.45) is -0.366. The number of carbonyl (C=O) groups is 2. The van der Waals surface area contributed by atoms with Gasteiger partial charge in [0.2, 0.25) is 0 Å². The quantitative estimate of drug-likeness (QED) is 0.738. The average Bonchev–Trinajstić information content (AvgIpc) is 2.37. The molecule has 1 aliphatic heterocycles. The van der Waals surface area contributed by atoms with E-state index < -0.39 is 6.04 Å². The van der Waals surface area contributed by atoms with Gasteiger partial charge in [0.1, 0.15) is 0 Å². The molecular formula is C12H23N3O3. The van der Waals surface area contributed by atoms with Crippen molar-refractivity contribution in [2.75, 3.05) is 26.2 Å². The minimum atomic E-state index is -0.496. The highest BCUT2D eigenvalue weighted by Gasteiger charge is 2.32. The molecule has 0 bridgehead atoms. The van der Waals surface area contributed by atoms with Gasteiger partial charge in [-0.2, -0.15) is 0 Å². The van der Waals surface area contributed by atoms with Gasteiger partial charge in [-0.25, -0.2) is 4.79 Å². The van der Waals surface area contributed by atoms with Crippen molar-refractivity contribution in [1.82, 2.24) is 10.2 Å². The molecule has 0 spiro atoms. The van der Waals surface area contributed by atoms with E-state index in [2.05, 4.69) is 5.32 Å². The van der Waals surface area contributed by atoms with E-state index in [0.29, 0.717) is 26.2 Å². The van der Waals surface area contributed by atoms with Crippen LogP contribution in [0.2, 0.25) is 0 Å². The lowest BCUT2D eigenvalue weighted by atomic mass is 9.95. The maximum absolute atomic E-state index is 12.1. The third kappa shape index (κ3) is 3.68. The molecule has 3 N–H and O–H groups in total. The summed E-state index contributed by atoms with van der Waals surface area (Å²) in [5, 5.41) is 3.10. The van der Waals surface area contributed by atoms with Crippen LogP contribution in [0.4, 0.5) is 4.79 Å². The Morgan fingerprint density at radius 2 is 2.17 bits per heavy atom. The number of ether oxygens (including phenoxy) is 1. The number of ketones is 1. The molecule has 0 radical (unpaired) electrons. The van der Waals surface area contributed by atoms with Crippen molar-refractivity contribution in [2.45, 2.75) is 32.9 Å². The fourth-order valence-electron chi connectivity index (χ4n) is 1.88. The molecule has 2 atom stereocenters. The molecular weight excluding hydrogens is 234 g/mol. The smallest absolute Gasteiger partial charge is 0.409 e. The third-order valence-electron chi connectivity index (χ3n) is 3.09. The summed E-state index contributed by atoms with van der Waals surface area (Å²) in [5.74, 6) is 0.0521. The molecule has 1 heterocycles. The SMILES string of the molecule is CCOC(=O)N1CCNC(C(=O)[C@@H](N)C(C)C)C1. The van der Waals surface area contributed by atoms with Crippen molar-refractivity contribution in [3.63, 3.8) is 0 Å². The summed E-state index contributed by atoms with van der Waals surface area (Å²) in [4.78, 5) is 25.3. The summed E-state index contributed by atoms with van der Waals surface area (Å²) >= 11 is 0. The number of rotatable bonds is 4. The van der Waals surface area contributed by atoms with Gasteiger partial charge in [-0.1, -0.05) is 13.8 Å². The van der Waals surface area contributed by atoms with Crippen LogP contribution in [0.1, 0.15) is 20.8 Å². The number of hydrogen-bond acceptors (Lipinski definition) is 5. The molecule has 6 heteroatoms. The number of nitrogens with zero attached hydrogens (tertiary/aromatic N) is 1. The second kappa shape index (κ2) is 6.70. The van der Waals surface area contributed by atoms with E-state index >= 15 is 0 Å². The van der Waals surface area contributed by atoms with Crippen LogP contribution >= 0.6 is 0 Å². The van der Waals surface area contributed by atoms with Crippen molar-refractivity contribution in [1.29, 1.82) is 0 Å². The highest BCUT2D eigenvalue weighted by molar-refractivity contribution is 5.89. The predicted octanol–water partition coefficient (Wildman–Crippen LogP) is -0.0309. The van der Waals surface area contributed by atoms with Gasteiger partial charge in [0.15, 0.2) is 5.78 Å². The second-order valence-electron chi connectivity index (χ2n) is 4.82. The number of hydrogen-bond donors (Lipinski definition) is 2. The number of nitrogens with two attached hydrogens (primary N) is 1. The normalized spacial score (nSPS) is 21.8. The van der Waals surface area contributed by atoms with Crippen LogP contribution in [0.15, 0.2) is 0 Å². The van der Waals surface area contributed by atoms with E-state index in [9.17, 15) is 9.59 Å². The summed E-state index contributed by atoms with van der Waals surface area (Å²) < 4.78 is 4.93. The van der Waals surface area contributed by atoms with Crippen molar-refractivity contribution >= 4 is 11.9 Å². The van der Waals surface area contributed by atoms with Gasteiger partial charge in [-0.05, 0) is 12.8 Å². The number of piperazine rings is 1. The van der Waals surface area contributed by atoms with Gasteiger partial charge in [0.05, 0.1) is 18.7 Å². The van der Waals surface area contributed by atoms with Crippen LogP contribution in [0.3, 0.4) is 0 Å². The summed E-state index contributed by atoms with van der Waals surface area (Å²) in [5.41, 5.74) is 5.85. The Balaban J connectivity index is 2.58. The minimum absolute atomic E-state index is 0.0426. The molecule has 1 rings (SSSR count). The standard InChI is InChI=1S/C12H23N3O3/c1-4-18-12(17)15-6-5-14-9(7-15)11(16)10(13)8(2)3/h8-10,14H,4-7,13H2,1-3H3/t9?,10-/m0/s1. The zero-order chi connectivity index (χ0) is 13.7. The topological polar surface area (TPSA) is 84.7 Å². The Bertz CT molecular complexity index is 307. The summed E-state index contributed by atoms with van der Waals surface area (Å²) in [6, 6.07) is -0.884. The Labute approximate surface area is 108 Å². The fraction of sp³-hybridized carbons (Fsp3) is 0.833. The van der Waals surface area contributed by atoms with Crippen LogP contribution < -0.4 is 11.1 Å². The number of carbonyl (C=O) groups excluding carboxylic acids is 2. The molecule has 104 valence electrons. The zero-order valence-electron chi connectivity index (χ0n) is 11.3. The van der Waals surface area contributed by atoms with Gasteiger partial charge >= 0.3 is 6.09 Å². The van der Waals surface area contributed by atoms with E-state index in [1.165, 1.54) is 0 Å². The van der Waals surface area contributed by atoms with Gasteiger partial charge in [-0.15, -0.1) is 0 Å². The number of amides is 1. The van der Waals surface area contributed by atoms with Crippen LogP contribution in [-0.4, -0.2) is 55.1 Å². The first-order chi connectivity index (χ1) is 8.47. The van der Waals surface area contributed by atoms with E-state index in [1.54, 1.807) is 11.8 Å². The highest BCUT2D eigenvalue weighted by Crippen LogP contribution is 2.08. The van der Waals surface area contributed by atoms with Crippen molar-refractivity contribution in [3.8, 4) is 0 Å². The maximum Gasteiger partial charge on any atom is 0.409 e. The summed E-state index contributed by atoms with van der Waals surface area (Å²) in [6.45, 7) is 7.39. The van der Waals surface area contributed by atoms with E-state index in [4.69, 9.17) is 10.5 Å². The van der Waals surface area contributed by atoms with Gasteiger partial charge in [0, 0.05) is 19.6 Å². The third-order valence-corrected chi connectivity index (χ3v) is 3.09. The lowest BCUT2D eigenvalue weighted by Crippen LogP contribution is -2.59. The fourth-order valence-corrected chi connectivity index (χ4v) is 1.88. The molecule has 1 unspecified atom stereocenters. The van der Waals surface area contributed by atoms with Crippen LogP contribution in [-0.2, 0) is 9.53 Å². The van der Waals surface area contributed by atoms with Gasteiger partial charge in [0.25, 0.3) is 0 Å². The molecule has 1 amide bonds. The second-order valence-corrected chi connectivity index (χ2v) is 4.82. The van der Waals surface area contributed by atoms with Crippen molar-refractivity contribution in [3.05, 3.63) is 0 Å². The first-order valence-electron chi connectivity index (χ1n) is 6.41. The Hall–Kier alpha value is -1.14. The first-order valence-corrected chi connectivity index (χ1v) is 6.41. The lowest BCUT2D eigenvalue weighted by molar-refractivity contribution is -0.124. The van der Waals surface area contributed by atoms with E-state index in [1.807, 2.05) is 13.8 Å². The molecule has 0 aromatic heterocycles. The van der Waals surface area contributed by atoms with Crippen LogP contribution in [0.25, 0.3) is 0 Å². The Morgan fingerprint density at radius 3 is 2.72 bits per heavy atom. The van der Waals surface area contributed by atoms with Crippen LogP contribution in [0, 0.1) is 5.92 Å².